The van der Waals surface area contributed by atoms with Crippen molar-refractivity contribution in [3.05, 3.63) is 59.9 Å². The SMILES string of the molecule is O=C(NCc1cccnc1)C1Cc2ccccc2S1. The molecule has 1 aliphatic rings. The molecule has 0 aliphatic carbocycles. The van der Waals surface area contributed by atoms with Gasteiger partial charge in [0.1, 0.15) is 0 Å². The van der Waals surface area contributed by atoms with Crippen LogP contribution < -0.4 is 5.32 Å². The first-order valence-corrected chi connectivity index (χ1v) is 7.12. The van der Waals surface area contributed by atoms with Crippen LogP contribution in [-0.2, 0) is 17.8 Å². The van der Waals surface area contributed by atoms with E-state index in [2.05, 4.69) is 22.4 Å². The highest BCUT2D eigenvalue weighted by Gasteiger charge is 2.27. The van der Waals surface area contributed by atoms with Crippen LogP contribution in [0.1, 0.15) is 11.1 Å². The Kier molecular flexibility index (Phi) is 3.51. The minimum Gasteiger partial charge on any atom is -0.351 e. The van der Waals surface area contributed by atoms with Gasteiger partial charge in [-0.1, -0.05) is 24.3 Å². The van der Waals surface area contributed by atoms with Crippen molar-refractivity contribution in [1.82, 2.24) is 10.3 Å². The van der Waals surface area contributed by atoms with E-state index in [0.29, 0.717) is 6.54 Å². The molecule has 19 heavy (non-hydrogen) atoms. The van der Waals surface area contributed by atoms with E-state index in [0.717, 1.165) is 12.0 Å². The van der Waals surface area contributed by atoms with E-state index in [9.17, 15) is 4.79 Å². The minimum absolute atomic E-state index is 0.00549. The summed E-state index contributed by atoms with van der Waals surface area (Å²) in [7, 11) is 0. The molecular formula is C15H14N2OS. The van der Waals surface area contributed by atoms with Gasteiger partial charge in [0.25, 0.3) is 0 Å². The molecule has 1 amide bonds. The molecule has 1 aliphatic heterocycles. The third-order valence-electron chi connectivity index (χ3n) is 3.13. The molecule has 1 N–H and O–H groups in total. The van der Waals surface area contributed by atoms with Gasteiger partial charge in [-0.05, 0) is 29.7 Å². The number of carbonyl (C=O) groups excluding carboxylic acids is 1. The number of pyridine rings is 1. The predicted octanol–water partition coefficient (Wildman–Crippen LogP) is 2.41. The largest absolute Gasteiger partial charge is 0.351 e. The van der Waals surface area contributed by atoms with Gasteiger partial charge in [0.2, 0.25) is 5.91 Å². The first-order valence-electron chi connectivity index (χ1n) is 6.24. The number of rotatable bonds is 3. The minimum atomic E-state index is -0.00549. The Balaban J connectivity index is 1.58. The number of amides is 1. The summed E-state index contributed by atoms with van der Waals surface area (Å²) in [5.41, 5.74) is 2.30. The second kappa shape index (κ2) is 5.45. The van der Waals surface area contributed by atoms with Gasteiger partial charge in [-0.3, -0.25) is 9.78 Å². The molecule has 0 saturated heterocycles. The summed E-state index contributed by atoms with van der Waals surface area (Å²) in [6, 6.07) is 12.0. The lowest BCUT2D eigenvalue weighted by Gasteiger charge is -2.09. The van der Waals surface area contributed by atoms with Crippen LogP contribution in [0.3, 0.4) is 0 Å². The van der Waals surface area contributed by atoms with Gasteiger partial charge < -0.3 is 5.32 Å². The third-order valence-corrected chi connectivity index (χ3v) is 4.45. The zero-order valence-corrected chi connectivity index (χ0v) is 11.2. The fourth-order valence-corrected chi connectivity index (χ4v) is 3.35. The Morgan fingerprint density at radius 3 is 3.00 bits per heavy atom. The van der Waals surface area contributed by atoms with Crippen LogP contribution in [0, 0.1) is 0 Å². The van der Waals surface area contributed by atoms with Crippen LogP contribution >= 0.6 is 11.8 Å². The first-order chi connectivity index (χ1) is 9.33. The second-order valence-electron chi connectivity index (χ2n) is 4.50. The normalized spacial score (nSPS) is 16.9. The fraction of sp³-hybridized carbons (Fsp3) is 0.200. The number of nitrogens with zero attached hydrogens (tertiary/aromatic N) is 1. The maximum atomic E-state index is 12.1. The zero-order chi connectivity index (χ0) is 13.1. The third kappa shape index (κ3) is 2.79. The molecule has 1 unspecified atom stereocenters. The van der Waals surface area contributed by atoms with Crippen molar-refractivity contribution in [3.63, 3.8) is 0 Å². The molecule has 1 aromatic heterocycles. The van der Waals surface area contributed by atoms with E-state index in [4.69, 9.17) is 0 Å². The highest BCUT2D eigenvalue weighted by molar-refractivity contribution is 8.01. The number of nitrogens with one attached hydrogen (secondary N) is 1. The molecular weight excluding hydrogens is 256 g/mol. The lowest BCUT2D eigenvalue weighted by molar-refractivity contribution is -0.120. The molecule has 0 bridgehead atoms. The molecule has 4 heteroatoms. The van der Waals surface area contributed by atoms with Crippen LogP contribution in [0.4, 0.5) is 0 Å². The van der Waals surface area contributed by atoms with E-state index in [1.807, 2.05) is 24.3 Å². The van der Waals surface area contributed by atoms with Crippen LogP contribution in [0.5, 0.6) is 0 Å². The number of benzene rings is 1. The van der Waals surface area contributed by atoms with Crippen LogP contribution in [0.15, 0.2) is 53.7 Å². The van der Waals surface area contributed by atoms with Gasteiger partial charge in [0, 0.05) is 23.8 Å². The molecule has 3 rings (SSSR count). The van der Waals surface area contributed by atoms with E-state index < -0.39 is 0 Å². The summed E-state index contributed by atoms with van der Waals surface area (Å²) in [4.78, 5) is 17.4. The summed E-state index contributed by atoms with van der Waals surface area (Å²) >= 11 is 1.65. The lowest BCUT2D eigenvalue weighted by Crippen LogP contribution is -2.31. The van der Waals surface area contributed by atoms with Crippen molar-refractivity contribution >= 4 is 17.7 Å². The van der Waals surface area contributed by atoms with Crippen LogP contribution in [0.2, 0.25) is 0 Å². The molecule has 0 radical (unpaired) electrons. The Labute approximate surface area is 116 Å². The molecule has 1 aromatic carbocycles. The summed E-state index contributed by atoms with van der Waals surface area (Å²) in [5.74, 6) is 0.102. The molecule has 2 heterocycles. The van der Waals surface area contributed by atoms with Crippen molar-refractivity contribution in [1.29, 1.82) is 0 Å². The molecule has 3 nitrogen and oxygen atoms in total. The number of hydrogen-bond acceptors (Lipinski definition) is 3. The summed E-state index contributed by atoms with van der Waals surface area (Å²) in [5, 5.41) is 2.97. The van der Waals surface area contributed by atoms with E-state index in [1.165, 1.54) is 10.5 Å². The molecule has 0 saturated carbocycles. The highest BCUT2D eigenvalue weighted by Crippen LogP contribution is 2.36. The van der Waals surface area contributed by atoms with Crippen LogP contribution in [-0.4, -0.2) is 16.1 Å². The quantitative estimate of drug-likeness (QED) is 0.931. The van der Waals surface area contributed by atoms with Gasteiger partial charge in [0.05, 0.1) is 5.25 Å². The van der Waals surface area contributed by atoms with E-state index in [1.54, 1.807) is 24.2 Å². The average Bonchev–Trinajstić information content (AvgIpc) is 2.90. The number of thioether (sulfide) groups is 1. The maximum absolute atomic E-state index is 12.1. The lowest BCUT2D eigenvalue weighted by atomic mass is 10.1. The van der Waals surface area contributed by atoms with Crippen molar-refractivity contribution < 1.29 is 4.79 Å². The Morgan fingerprint density at radius 1 is 1.32 bits per heavy atom. The summed E-state index contributed by atoms with van der Waals surface area (Å²) < 4.78 is 0. The van der Waals surface area contributed by atoms with Gasteiger partial charge in [-0.25, -0.2) is 0 Å². The molecule has 0 fully saturated rings. The Morgan fingerprint density at radius 2 is 2.21 bits per heavy atom. The standard InChI is InChI=1S/C15H14N2OS/c18-15(17-10-11-4-3-7-16-9-11)14-8-12-5-1-2-6-13(12)19-14/h1-7,9,14H,8,10H2,(H,17,18). The van der Waals surface area contributed by atoms with Gasteiger partial charge in [-0.2, -0.15) is 0 Å². The van der Waals surface area contributed by atoms with Crippen LogP contribution in [0.25, 0.3) is 0 Å². The molecule has 96 valence electrons. The van der Waals surface area contributed by atoms with E-state index >= 15 is 0 Å². The smallest absolute Gasteiger partial charge is 0.234 e. The summed E-state index contributed by atoms with van der Waals surface area (Å²) in [6.07, 6.45) is 4.32. The number of hydrogen-bond donors (Lipinski definition) is 1. The Hall–Kier alpha value is -1.81. The van der Waals surface area contributed by atoms with E-state index in [-0.39, 0.29) is 11.2 Å². The molecule has 2 aromatic rings. The zero-order valence-electron chi connectivity index (χ0n) is 10.4. The number of fused-ring (bicyclic) bond motifs is 1. The highest BCUT2D eigenvalue weighted by atomic mass is 32.2. The summed E-state index contributed by atoms with van der Waals surface area (Å²) in [6.45, 7) is 0.542. The second-order valence-corrected chi connectivity index (χ2v) is 5.74. The van der Waals surface area contributed by atoms with Crippen molar-refractivity contribution in [2.45, 2.75) is 23.1 Å². The predicted molar refractivity (Wildman–Crippen MR) is 75.9 cm³/mol. The number of aromatic nitrogens is 1. The maximum Gasteiger partial charge on any atom is 0.234 e. The number of carbonyl (C=O) groups is 1. The topological polar surface area (TPSA) is 42.0 Å². The van der Waals surface area contributed by atoms with Crippen molar-refractivity contribution in [3.8, 4) is 0 Å². The molecule has 0 spiro atoms. The Bertz CT molecular complexity index is 561. The fourth-order valence-electron chi connectivity index (χ4n) is 2.13. The monoisotopic (exact) mass is 270 g/mol. The van der Waals surface area contributed by atoms with Gasteiger partial charge in [-0.15, -0.1) is 11.8 Å². The van der Waals surface area contributed by atoms with Gasteiger partial charge >= 0.3 is 0 Å². The first kappa shape index (κ1) is 12.2. The average molecular weight is 270 g/mol. The van der Waals surface area contributed by atoms with Crippen molar-refractivity contribution in [2.75, 3.05) is 0 Å². The van der Waals surface area contributed by atoms with Gasteiger partial charge in [0.15, 0.2) is 0 Å². The molecule has 1 atom stereocenters. The van der Waals surface area contributed by atoms with Crippen molar-refractivity contribution in [2.24, 2.45) is 0 Å².